The molecule has 0 aromatic heterocycles. The minimum Gasteiger partial charge on any atom is -0.383 e. The first-order chi connectivity index (χ1) is 7.47. The first-order valence-corrected chi connectivity index (χ1v) is 6.04. The number of likely N-dealkylation sites (N-methyl/N-ethyl adjacent to an activating group) is 2. The van der Waals surface area contributed by atoms with Crippen molar-refractivity contribution < 1.29 is 4.74 Å². The van der Waals surface area contributed by atoms with E-state index in [1.807, 2.05) is 0 Å². The van der Waals surface area contributed by atoms with Gasteiger partial charge in [-0.2, -0.15) is 0 Å². The number of methoxy groups -OCH3 is 1. The zero-order valence-corrected chi connectivity index (χ0v) is 11.8. The normalized spacial score (nSPS) is 14.1. The SMILES string of the molecule is COCC(CNC(C)C)N(C)CCN(C)C. The van der Waals surface area contributed by atoms with E-state index in [1.54, 1.807) is 7.11 Å². The molecule has 4 nitrogen and oxygen atoms in total. The first-order valence-electron chi connectivity index (χ1n) is 6.04. The number of ether oxygens (including phenoxy) is 1. The molecule has 0 aromatic carbocycles. The molecule has 4 heteroatoms. The Morgan fingerprint density at radius 2 is 1.75 bits per heavy atom. The van der Waals surface area contributed by atoms with Crippen LogP contribution in [0.5, 0.6) is 0 Å². The summed E-state index contributed by atoms with van der Waals surface area (Å²) in [6, 6.07) is 0.981. The van der Waals surface area contributed by atoms with Gasteiger partial charge in [0.1, 0.15) is 0 Å². The minimum absolute atomic E-state index is 0.451. The van der Waals surface area contributed by atoms with E-state index in [9.17, 15) is 0 Å². The fourth-order valence-corrected chi connectivity index (χ4v) is 1.45. The third-order valence-corrected chi connectivity index (χ3v) is 2.64. The van der Waals surface area contributed by atoms with Crippen molar-refractivity contribution in [1.29, 1.82) is 0 Å². The lowest BCUT2D eigenvalue weighted by molar-refractivity contribution is 0.0998. The van der Waals surface area contributed by atoms with Gasteiger partial charge in [-0.3, -0.25) is 4.90 Å². The Bertz CT molecular complexity index is 162. The lowest BCUT2D eigenvalue weighted by atomic mass is 10.2. The Kier molecular flexibility index (Phi) is 8.84. The number of rotatable bonds is 9. The predicted octanol–water partition coefficient (Wildman–Crippen LogP) is 0.493. The van der Waals surface area contributed by atoms with Crippen LogP contribution in [0.4, 0.5) is 0 Å². The van der Waals surface area contributed by atoms with Crippen molar-refractivity contribution >= 4 is 0 Å². The van der Waals surface area contributed by atoms with Gasteiger partial charge < -0.3 is 15.0 Å². The highest BCUT2D eigenvalue weighted by Crippen LogP contribution is 1.97. The van der Waals surface area contributed by atoms with Crippen LogP contribution in [0.1, 0.15) is 13.8 Å². The van der Waals surface area contributed by atoms with Gasteiger partial charge in [0.2, 0.25) is 0 Å². The fourth-order valence-electron chi connectivity index (χ4n) is 1.45. The summed E-state index contributed by atoms with van der Waals surface area (Å²) in [5.41, 5.74) is 0. The van der Waals surface area contributed by atoms with Crippen molar-refractivity contribution in [3.63, 3.8) is 0 Å². The van der Waals surface area contributed by atoms with Crippen molar-refractivity contribution in [3.05, 3.63) is 0 Å². The van der Waals surface area contributed by atoms with Crippen molar-refractivity contribution in [1.82, 2.24) is 15.1 Å². The molecule has 98 valence electrons. The average molecular weight is 231 g/mol. The van der Waals surface area contributed by atoms with Gasteiger partial charge in [0.05, 0.1) is 6.61 Å². The quantitative estimate of drug-likeness (QED) is 0.625. The maximum Gasteiger partial charge on any atom is 0.0630 e. The molecule has 0 rings (SSSR count). The van der Waals surface area contributed by atoms with Crippen molar-refractivity contribution in [2.45, 2.75) is 25.9 Å². The summed E-state index contributed by atoms with van der Waals surface area (Å²) < 4.78 is 5.27. The smallest absolute Gasteiger partial charge is 0.0630 e. The molecule has 0 amide bonds. The molecule has 1 unspecified atom stereocenters. The maximum absolute atomic E-state index is 5.27. The molecule has 0 bridgehead atoms. The van der Waals surface area contributed by atoms with Crippen molar-refractivity contribution in [2.75, 3.05) is 54.5 Å². The van der Waals surface area contributed by atoms with E-state index in [-0.39, 0.29) is 0 Å². The molecule has 1 atom stereocenters. The molecule has 0 spiro atoms. The molecule has 0 radical (unpaired) electrons. The van der Waals surface area contributed by atoms with Crippen LogP contribution >= 0.6 is 0 Å². The van der Waals surface area contributed by atoms with Crippen LogP contribution in [0.3, 0.4) is 0 Å². The van der Waals surface area contributed by atoms with Gasteiger partial charge >= 0.3 is 0 Å². The van der Waals surface area contributed by atoms with E-state index >= 15 is 0 Å². The molecule has 0 heterocycles. The first kappa shape index (κ1) is 15.8. The molecule has 0 aliphatic carbocycles. The number of hydrogen-bond donors (Lipinski definition) is 1. The molecule has 0 aliphatic rings. The monoisotopic (exact) mass is 231 g/mol. The summed E-state index contributed by atoms with van der Waals surface area (Å²) in [7, 11) is 8.13. The van der Waals surface area contributed by atoms with Crippen LogP contribution in [0.2, 0.25) is 0 Å². The fraction of sp³-hybridized carbons (Fsp3) is 1.00. The van der Waals surface area contributed by atoms with E-state index in [2.05, 4.69) is 50.1 Å². The molecule has 16 heavy (non-hydrogen) atoms. The molecule has 0 aromatic rings. The number of nitrogens with one attached hydrogen (secondary N) is 1. The summed E-state index contributed by atoms with van der Waals surface area (Å²) in [6.07, 6.45) is 0. The van der Waals surface area contributed by atoms with E-state index in [0.29, 0.717) is 12.1 Å². The van der Waals surface area contributed by atoms with E-state index < -0.39 is 0 Å². The highest BCUT2D eigenvalue weighted by molar-refractivity contribution is 4.72. The minimum atomic E-state index is 0.451. The molecule has 1 N–H and O–H groups in total. The summed E-state index contributed by atoms with van der Waals surface area (Å²) >= 11 is 0. The van der Waals surface area contributed by atoms with Gasteiger partial charge in [-0.15, -0.1) is 0 Å². The van der Waals surface area contributed by atoms with Gasteiger partial charge in [-0.25, -0.2) is 0 Å². The lowest BCUT2D eigenvalue weighted by Crippen LogP contribution is -2.46. The van der Waals surface area contributed by atoms with Crippen molar-refractivity contribution in [2.24, 2.45) is 0 Å². The molecular formula is C12H29N3O. The zero-order valence-electron chi connectivity index (χ0n) is 11.8. The van der Waals surface area contributed by atoms with Gasteiger partial charge in [-0.05, 0) is 21.1 Å². The summed E-state index contributed by atoms with van der Waals surface area (Å²) in [5, 5.41) is 3.46. The zero-order chi connectivity index (χ0) is 12.6. The van der Waals surface area contributed by atoms with Gasteiger partial charge in [0, 0.05) is 38.8 Å². The van der Waals surface area contributed by atoms with Crippen LogP contribution in [-0.2, 0) is 4.74 Å². The van der Waals surface area contributed by atoms with Crippen molar-refractivity contribution in [3.8, 4) is 0 Å². The standard InChI is InChI=1S/C12H29N3O/c1-11(2)13-9-12(10-16-6)15(5)8-7-14(3)4/h11-13H,7-10H2,1-6H3. The highest BCUT2D eigenvalue weighted by atomic mass is 16.5. The predicted molar refractivity (Wildman–Crippen MR) is 70.0 cm³/mol. The summed E-state index contributed by atoms with van der Waals surface area (Å²) in [6.45, 7) is 8.26. The van der Waals surface area contributed by atoms with Crippen LogP contribution in [-0.4, -0.2) is 76.4 Å². The Labute approximate surface area is 101 Å². The Balaban J connectivity index is 3.96. The third kappa shape index (κ3) is 8.05. The number of hydrogen-bond acceptors (Lipinski definition) is 4. The van der Waals surface area contributed by atoms with E-state index in [4.69, 9.17) is 4.74 Å². The molecule has 0 saturated heterocycles. The Morgan fingerprint density at radius 3 is 2.19 bits per heavy atom. The highest BCUT2D eigenvalue weighted by Gasteiger charge is 2.14. The van der Waals surface area contributed by atoms with E-state index in [0.717, 1.165) is 26.2 Å². The average Bonchev–Trinajstić information content (AvgIpc) is 2.20. The largest absolute Gasteiger partial charge is 0.383 e. The summed E-state index contributed by atoms with van der Waals surface area (Å²) in [5.74, 6) is 0. The van der Waals surface area contributed by atoms with Crippen LogP contribution in [0.25, 0.3) is 0 Å². The molecule has 0 fully saturated rings. The Hall–Kier alpha value is -0.160. The molecule has 0 aliphatic heterocycles. The molecule has 0 saturated carbocycles. The summed E-state index contributed by atoms with van der Waals surface area (Å²) in [4.78, 5) is 4.56. The van der Waals surface area contributed by atoms with Crippen LogP contribution in [0, 0.1) is 0 Å². The third-order valence-electron chi connectivity index (χ3n) is 2.64. The second-order valence-corrected chi connectivity index (χ2v) is 4.96. The van der Waals surface area contributed by atoms with Gasteiger partial charge in [-0.1, -0.05) is 13.8 Å². The van der Waals surface area contributed by atoms with Crippen LogP contribution < -0.4 is 5.32 Å². The second-order valence-electron chi connectivity index (χ2n) is 4.96. The second kappa shape index (κ2) is 8.93. The maximum atomic E-state index is 5.27. The van der Waals surface area contributed by atoms with Gasteiger partial charge in [0.25, 0.3) is 0 Å². The van der Waals surface area contributed by atoms with E-state index in [1.165, 1.54) is 0 Å². The molecular weight excluding hydrogens is 202 g/mol. The lowest BCUT2D eigenvalue weighted by Gasteiger charge is -2.29. The Morgan fingerprint density at radius 1 is 1.12 bits per heavy atom. The topological polar surface area (TPSA) is 27.7 Å². The van der Waals surface area contributed by atoms with Gasteiger partial charge in [0.15, 0.2) is 0 Å². The van der Waals surface area contributed by atoms with Crippen LogP contribution in [0.15, 0.2) is 0 Å². The number of nitrogens with zero attached hydrogens (tertiary/aromatic N) is 2.